The summed E-state index contributed by atoms with van der Waals surface area (Å²) < 4.78 is 69.2. The van der Waals surface area contributed by atoms with Gasteiger partial charge in [0.1, 0.15) is 46.3 Å². The zero-order valence-corrected chi connectivity index (χ0v) is 29.9. The first-order chi connectivity index (χ1) is 27.4. The van der Waals surface area contributed by atoms with Gasteiger partial charge in [-0.1, -0.05) is 24.3 Å². The summed E-state index contributed by atoms with van der Waals surface area (Å²) in [6.07, 6.45) is 0. The second-order valence-electron chi connectivity index (χ2n) is 11.9. The SMILES string of the molecule is COC(=O)c1ccc(CNC(=O)c2cc(F)ccc2Oc2ccc(F)cc2)cc1.O=C(O)c1ccc(CNC(=O)c2cc(F)ccc2Oc2ccc(F)cc2)cc1. The van der Waals surface area contributed by atoms with Gasteiger partial charge in [0.25, 0.3) is 11.8 Å². The van der Waals surface area contributed by atoms with E-state index in [-0.39, 0.29) is 41.3 Å². The summed E-state index contributed by atoms with van der Waals surface area (Å²) in [6.45, 7) is 0.276. The normalized spacial score (nSPS) is 10.3. The highest BCUT2D eigenvalue weighted by atomic mass is 19.1. The first-order valence-electron chi connectivity index (χ1n) is 16.9. The molecule has 0 aliphatic carbocycles. The average molecular weight is 781 g/mol. The quantitative estimate of drug-likeness (QED) is 0.0827. The van der Waals surface area contributed by atoms with Gasteiger partial charge in [-0.05, 0) is 120 Å². The maximum atomic E-state index is 13.7. The molecule has 0 unspecified atom stereocenters. The molecule has 3 N–H and O–H groups in total. The third kappa shape index (κ3) is 11.8. The summed E-state index contributed by atoms with van der Waals surface area (Å²) in [4.78, 5) is 47.4. The van der Waals surface area contributed by atoms with Gasteiger partial charge in [0, 0.05) is 13.1 Å². The average Bonchev–Trinajstić information content (AvgIpc) is 3.22. The van der Waals surface area contributed by atoms with E-state index in [4.69, 9.17) is 14.6 Å². The summed E-state index contributed by atoms with van der Waals surface area (Å²) in [7, 11) is 1.29. The minimum Gasteiger partial charge on any atom is -0.478 e. The molecule has 0 saturated carbocycles. The summed E-state index contributed by atoms with van der Waals surface area (Å²) in [5.41, 5.74) is 1.92. The molecule has 0 aliphatic heterocycles. The molecular formula is C43H32F4N2O8. The Balaban J connectivity index is 0.000000218. The van der Waals surface area contributed by atoms with Gasteiger partial charge in [0.2, 0.25) is 0 Å². The third-order valence-electron chi connectivity index (χ3n) is 7.94. The van der Waals surface area contributed by atoms with E-state index in [1.165, 1.54) is 86.0 Å². The number of methoxy groups -OCH3 is 1. The number of carboxylic acids is 1. The highest BCUT2D eigenvalue weighted by molar-refractivity contribution is 5.97. The number of halogens is 4. The molecule has 2 amide bonds. The highest BCUT2D eigenvalue weighted by Crippen LogP contribution is 2.28. The van der Waals surface area contributed by atoms with Crippen molar-refractivity contribution in [2.24, 2.45) is 0 Å². The number of carboxylic acid groups (broad SMARTS) is 1. The van der Waals surface area contributed by atoms with E-state index in [2.05, 4.69) is 15.4 Å². The fourth-order valence-electron chi connectivity index (χ4n) is 4.99. The Hall–Kier alpha value is -7.48. The van der Waals surface area contributed by atoms with E-state index in [1.807, 2.05) is 0 Å². The number of carbonyl (C=O) groups is 4. The van der Waals surface area contributed by atoms with Crippen molar-refractivity contribution in [3.8, 4) is 23.0 Å². The molecule has 0 atom stereocenters. The monoisotopic (exact) mass is 780 g/mol. The van der Waals surface area contributed by atoms with E-state index < -0.39 is 47.0 Å². The number of amides is 2. The fourth-order valence-corrected chi connectivity index (χ4v) is 4.99. The van der Waals surface area contributed by atoms with Gasteiger partial charge < -0.3 is 30.0 Å². The van der Waals surface area contributed by atoms with Crippen molar-refractivity contribution < 1.29 is 56.1 Å². The lowest BCUT2D eigenvalue weighted by atomic mass is 10.1. The number of aromatic carboxylic acids is 1. The second-order valence-corrected chi connectivity index (χ2v) is 11.9. The van der Waals surface area contributed by atoms with Crippen LogP contribution in [0.4, 0.5) is 17.6 Å². The van der Waals surface area contributed by atoms with Gasteiger partial charge in [-0.25, -0.2) is 27.2 Å². The van der Waals surface area contributed by atoms with Crippen LogP contribution in [0.3, 0.4) is 0 Å². The molecule has 6 rings (SSSR count). The maximum absolute atomic E-state index is 13.7. The second kappa shape index (κ2) is 19.2. The van der Waals surface area contributed by atoms with Crippen LogP contribution in [-0.2, 0) is 17.8 Å². The van der Waals surface area contributed by atoms with Crippen molar-refractivity contribution in [2.45, 2.75) is 13.1 Å². The lowest BCUT2D eigenvalue weighted by Gasteiger charge is -2.12. The van der Waals surface area contributed by atoms with Gasteiger partial charge in [-0.15, -0.1) is 0 Å². The van der Waals surface area contributed by atoms with Gasteiger partial charge in [0.05, 0.1) is 29.4 Å². The molecule has 0 fully saturated rings. The maximum Gasteiger partial charge on any atom is 0.337 e. The summed E-state index contributed by atoms with van der Waals surface area (Å²) in [6, 6.07) is 30.0. The Morgan fingerprint density at radius 3 is 1.25 bits per heavy atom. The molecule has 0 aromatic heterocycles. The molecule has 14 heteroatoms. The van der Waals surface area contributed by atoms with Gasteiger partial charge in [-0.2, -0.15) is 0 Å². The van der Waals surface area contributed by atoms with Crippen LogP contribution in [0.25, 0.3) is 0 Å². The molecule has 57 heavy (non-hydrogen) atoms. The Kier molecular flexibility index (Phi) is 13.7. The number of nitrogens with one attached hydrogen (secondary N) is 2. The standard InChI is InChI=1S/C22H17F2NO4.C21H15F2NO4/c1-28-22(27)15-4-2-14(3-5-15)13-25-21(26)19-12-17(24)8-11-20(19)29-18-9-6-16(23)7-10-18;22-15-5-8-17(9-6-15)28-19-10-7-16(23)11-18(19)20(25)24-12-13-1-3-14(4-2-13)21(26)27/h2-12H,13H2,1H3,(H,25,26);1-11H,12H2,(H,24,25)(H,26,27). The largest absolute Gasteiger partial charge is 0.478 e. The predicted molar refractivity (Wildman–Crippen MR) is 199 cm³/mol. The molecule has 290 valence electrons. The Morgan fingerprint density at radius 2 is 0.877 bits per heavy atom. The van der Waals surface area contributed by atoms with Crippen molar-refractivity contribution in [1.29, 1.82) is 0 Å². The molecule has 0 aliphatic rings. The lowest BCUT2D eigenvalue weighted by molar-refractivity contribution is 0.0599. The molecule has 10 nitrogen and oxygen atoms in total. The first kappa shape index (κ1) is 40.7. The van der Waals surface area contributed by atoms with Crippen LogP contribution in [0.2, 0.25) is 0 Å². The molecule has 6 aromatic rings. The number of hydrogen-bond donors (Lipinski definition) is 3. The van der Waals surface area contributed by atoms with Gasteiger partial charge >= 0.3 is 11.9 Å². The van der Waals surface area contributed by atoms with Crippen LogP contribution >= 0.6 is 0 Å². The Labute approximate surface area is 323 Å². The molecule has 0 heterocycles. The van der Waals surface area contributed by atoms with Gasteiger partial charge in [0.15, 0.2) is 0 Å². The van der Waals surface area contributed by atoms with Crippen LogP contribution in [0.5, 0.6) is 23.0 Å². The number of esters is 1. The Bertz CT molecular complexity index is 2350. The van der Waals surface area contributed by atoms with Crippen LogP contribution < -0.4 is 20.1 Å². The van der Waals surface area contributed by atoms with E-state index >= 15 is 0 Å². The van der Waals surface area contributed by atoms with Crippen molar-refractivity contribution in [2.75, 3.05) is 7.11 Å². The van der Waals surface area contributed by atoms with Gasteiger partial charge in [-0.3, -0.25) is 9.59 Å². The zero-order valence-electron chi connectivity index (χ0n) is 29.9. The first-order valence-corrected chi connectivity index (χ1v) is 16.9. The van der Waals surface area contributed by atoms with Crippen molar-refractivity contribution in [3.63, 3.8) is 0 Å². The third-order valence-corrected chi connectivity index (χ3v) is 7.94. The number of hydrogen-bond acceptors (Lipinski definition) is 7. The molecule has 0 spiro atoms. The lowest BCUT2D eigenvalue weighted by Crippen LogP contribution is -2.23. The van der Waals surface area contributed by atoms with E-state index in [9.17, 15) is 36.7 Å². The molecule has 6 aromatic carbocycles. The van der Waals surface area contributed by atoms with Crippen LogP contribution in [0, 0.1) is 23.3 Å². The number of rotatable bonds is 12. The van der Waals surface area contributed by atoms with Crippen LogP contribution in [-0.4, -0.2) is 36.0 Å². The minimum absolute atomic E-state index is 0.000468. The van der Waals surface area contributed by atoms with Crippen molar-refractivity contribution in [3.05, 3.63) is 190 Å². The predicted octanol–water partition coefficient (Wildman–Crippen LogP) is 8.86. The van der Waals surface area contributed by atoms with E-state index in [0.717, 1.165) is 23.8 Å². The van der Waals surface area contributed by atoms with Crippen molar-refractivity contribution >= 4 is 23.8 Å². The number of benzene rings is 6. The van der Waals surface area contributed by atoms with Crippen LogP contribution in [0.1, 0.15) is 52.6 Å². The summed E-state index contributed by atoms with van der Waals surface area (Å²) in [5, 5.41) is 14.2. The number of ether oxygens (including phenoxy) is 3. The molecular weight excluding hydrogens is 748 g/mol. The molecule has 0 saturated heterocycles. The number of carbonyl (C=O) groups excluding carboxylic acids is 3. The van der Waals surface area contributed by atoms with E-state index in [1.54, 1.807) is 36.4 Å². The van der Waals surface area contributed by atoms with Crippen LogP contribution in [0.15, 0.2) is 133 Å². The molecule has 0 radical (unpaired) electrons. The fraction of sp³-hybridized carbons (Fsp3) is 0.0698. The highest BCUT2D eigenvalue weighted by Gasteiger charge is 2.17. The molecule has 0 bridgehead atoms. The van der Waals surface area contributed by atoms with Crippen molar-refractivity contribution in [1.82, 2.24) is 10.6 Å². The summed E-state index contributed by atoms with van der Waals surface area (Å²) >= 11 is 0. The Morgan fingerprint density at radius 1 is 0.509 bits per heavy atom. The topological polar surface area (TPSA) is 140 Å². The summed E-state index contributed by atoms with van der Waals surface area (Å²) in [5.74, 6) is -3.81. The smallest absolute Gasteiger partial charge is 0.337 e. The van der Waals surface area contributed by atoms with E-state index in [0.29, 0.717) is 22.6 Å². The minimum atomic E-state index is -1.04. The zero-order chi connectivity index (χ0) is 40.9.